The number of hydrogen-bond acceptors (Lipinski definition) is 4. The summed E-state index contributed by atoms with van der Waals surface area (Å²) in [5, 5.41) is 19.2. The van der Waals surface area contributed by atoms with E-state index >= 15 is 0 Å². The van der Waals surface area contributed by atoms with E-state index in [9.17, 15) is 0 Å². The van der Waals surface area contributed by atoms with Gasteiger partial charge in [-0.2, -0.15) is 0 Å². The van der Waals surface area contributed by atoms with E-state index in [1.807, 2.05) is 6.92 Å². The molecule has 0 aromatic carbocycles. The van der Waals surface area contributed by atoms with Crippen molar-refractivity contribution in [1.29, 1.82) is 0 Å². The maximum atomic E-state index is 8.47. The Hall–Kier alpha value is -0.160. The third-order valence-corrected chi connectivity index (χ3v) is 0.916. The zero-order valence-electron chi connectivity index (χ0n) is 5.59. The minimum absolute atomic E-state index is 0.528. The molecule has 0 aliphatic carbocycles. The lowest BCUT2D eigenvalue weighted by Crippen LogP contribution is -2.53. The van der Waals surface area contributed by atoms with Crippen molar-refractivity contribution in [2.24, 2.45) is 5.73 Å². The summed E-state index contributed by atoms with van der Waals surface area (Å²) >= 11 is 0. The molecule has 4 nitrogen and oxygen atoms in total. The first-order valence-corrected chi connectivity index (χ1v) is 3.05. The first kappa shape index (κ1) is 8.84. The minimum Gasteiger partial charge on any atom is -0.341 e. The monoisotopic (exact) mass is 134 g/mol. The third kappa shape index (κ3) is 7.84. The van der Waals surface area contributed by atoms with Crippen molar-refractivity contribution in [2.75, 3.05) is 6.54 Å². The van der Waals surface area contributed by atoms with Crippen LogP contribution in [0.5, 0.6) is 0 Å². The lowest BCUT2D eigenvalue weighted by Gasteiger charge is -2.16. The largest absolute Gasteiger partial charge is 0.341 e. The standard InChI is InChI=1S/C5H14N2O2/c1-2-3-4-7-5(6,8)9/h7-9H,2-4,6H2,1H3. The fourth-order valence-electron chi connectivity index (χ4n) is 0.449. The molecule has 0 radical (unpaired) electrons. The Morgan fingerprint density at radius 1 is 1.56 bits per heavy atom. The summed E-state index contributed by atoms with van der Waals surface area (Å²) in [6.07, 6.45) is 1.89. The number of nitrogens with two attached hydrogens (primary N) is 1. The van der Waals surface area contributed by atoms with Crippen LogP contribution in [0.25, 0.3) is 0 Å². The quantitative estimate of drug-likeness (QED) is 0.291. The normalized spacial score (nSPS) is 12.0. The Labute approximate surface area is 54.7 Å². The predicted octanol–water partition coefficient (Wildman–Crippen LogP) is -1.07. The van der Waals surface area contributed by atoms with Crippen molar-refractivity contribution < 1.29 is 10.2 Å². The zero-order chi connectivity index (χ0) is 7.33. The zero-order valence-corrected chi connectivity index (χ0v) is 5.59. The van der Waals surface area contributed by atoms with E-state index in [2.05, 4.69) is 5.32 Å². The average molecular weight is 134 g/mol. The molecule has 0 bridgehead atoms. The molecule has 0 aliphatic heterocycles. The van der Waals surface area contributed by atoms with E-state index in [4.69, 9.17) is 15.9 Å². The first-order chi connectivity index (χ1) is 4.06. The Bertz CT molecular complexity index is 69.8. The van der Waals surface area contributed by atoms with Crippen LogP contribution in [0.1, 0.15) is 19.8 Å². The highest BCUT2D eigenvalue weighted by atomic mass is 16.5. The molecular weight excluding hydrogens is 120 g/mol. The van der Waals surface area contributed by atoms with Gasteiger partial charge in [-0.3, -0.25) is 11.1 Å². The molecular formula is C5H14N2O2. The van der Waals surface area contributed by atoms with Crippen molar-refractivity contribution in [3.05, 3.63) is 0 Å². The SMILES string of the molecule is CCCCNC(N)(O)O. The first-order valence-electron chi connectivity index (χ1n) is 3.05. The fraction of sp³-hybridized carbons (Fsp3) is 1.00. The second kappa shape index (κ2) is 3.79. The van der Waals surface area contributed by atoms with Gasteiger partial charge in [-0.15, -0.1) is 0 Å². The highest BCUT2D eigenvalue weighted by Gasteiger charge is 2.12. The minimum atomic E-state index is -2.20. The number of aliphatic hydroxyl groups is 2. The van der Waals surface area contributed by atoms with Crippen LogP contribution in [0.2, 0.25) is 0 Å². The summed E-state index contributed by atoms with van der Waals surface area (Å²) in [6, 6.07) is -2.20. The highest BCUT2D eigenvalue weighted by Crippen LogP contribution is 1.85. The van der Waals surface area contributed by atoms with Crippen molar-refractivity contribution in [1.82, 2.24) is 5.32 Å². The molecule has 0 unspecified atom stereocenters. The van der Waals surface area contributed by atoms with Gasteiger partial charge in [0.25, 0.3) is 6.03 Å². The molecule has 0 amide bonds. The topological polar surface area (TPSA) is 78.5 Å². The fourth-order valence-corrected chi connectivity index (χ4v) is 0.449. The molecule has 0 atom stereocenters. The van der Waals surface area contributed by atoms with E-state index < -0.39 is 6.03 Å². The highest BCUT2D eigenvalue weighted by molar-refractivity contribution is 4.50. The van der Waals surface area contributed by atoms with Gasteiger partial charge in [-0.25, -0.2) is 0 Å². The van der Waals surface area contributed by atoms with E-state index in [0.717, 1.165) is 12.8 Å². The van der Waals surface area contributed by atoms with E-state index in [-0.39, 0.29) is 0 Å². The molecule has 4 heteroatoms. The van der Waals surface area contributed by atoms with Gasteiger partial charge in [0.2, 0.25) is 0 Å². The van der Waals surface area contributed by atoms with Gasteiger partial charge >= 0.3 is 0 Å². The molecule has 0 heterocycles. The summed E-state index contributed by atoms with van der Waals surface area (Å²) in [6.45, 7) is 2.54. The van der Waals surface area contributed by atoms with Crippen LogP contribution in [0.15, 0.2) is 0 Å². The molecule has 0 rings (SSSR count). The van der Waals surface area contributed by atoms with Gasteiger partial charge in [0, 0.05) is 6.54 Å². The van der Waals surface area contributed by atoms with Crippen molar-refractivity contribution in [3.63, 3.8) is 0 Å². The molecule has 0 saturated heterocycles. The van der Waals surface area contributed by atoms with Crippen LogP contribution >= 0.6 is 0 Å². The second-order valence-corrected chi connectivity index (χ2v) is 2.01. The summed E-state index contributed by atoms with van der Waals surface area (Å²) in [7, 11) is 0. The maximum absolute atomic E-state index is 8.47. The smallest absolute Gasteiger partial charge is 0.284 e. The Morgan fingerprint density at radius 2 is 2.11 bits per heavy atom. The molecule has 56 valence electrons. The predicted molar refractivity (Wildman–Crippen MR) is 34.3 cm³/mol. The van der Waals surface area contributed by atoms with Crippen LogP contribution in [-0.2, 0) is 0 Å². The number of nitrogens with one attached hydrogen (secondary N) is 1. The lowest BCUT2D eigenvalue weighted by atomic mass is 10.3. The van der Waals surface area contributed by atoms with Crippen LogP contribution < -0.4 is 11.1 Å². The van der Waals surface area contributed by atoms with Crippen molar-refractivity contribution in [2.45, 2.75) is 25.8 Å². The molecule has 0 aliphatic rings. The Kier molecular flexibility index (Phi) is 3.72. The van der Waals surface area contributed by atoms with Crippen LogP contribution in [0.3, 0.4) is 0 Å². The summed E-state index contributed by atoms with van der Waals surface area (Å²) in [4.78, 5) is 0. The molecule has 9 heavy (non-hydrogen) atoms. The molecule has 0 aromatic heterocycles. The molecule has 0 saturated carbocycles. The molecule has 0 spiro atoms. The van der Waals surface area contributed by atoms with Gasteiger partial charge in [0.15, 0.2) is 0 Å². The third-order valence-electron chi connectivity index (χ3n) is 0.916. The van der Waals surface area contributed by atoms with E-state index in [0.29, 0.717) is 6.54 Å². The van der Waals surface area contributed by atoms with E-state index in [1.54, 1.807) is 0 Å². The summed E-state index contributed by atoms with van der Waals surface area (Å²) in [5.74, 6) is 0. The van der Waals surface area contributed by atoms with Crippen molar-refractivity contribution >= 4 is 0 Å². The number of rotatable bonds is 4. The Balaban J connectivity index is 3.07. The summed E-state index contributed by atoms with van der Waals surface area (Å²) in [5.41, 5.74) is 4.78. The maximum Gasteiger partial charge on any atom is 0.284 e. The van der Waals surface area contributed by atoms with Crippen LogP contribution in [-0.4, -0.2) is 22.8 Å². The molecule has 0 aromatic rings. The van der Waals surface area contributed by atoms with Crippen LogP contribution in [0.4, 0.5) is 0 Å². The van der Waals surface area contributed by atoms with Gasteiger partial charge < -0.3 is 10.2 Å². The van der Waals surface area contributed by atoms with Crippen molar-refractivity contribution in [3.8, 4) is 0 Å². The van der Waals surface area contributed by atoms with Gasteiger partial charge in [-0.05, 0) is 6.42 Å². The second-order valence-electron chi connectivity index (χ2n) is 2.01. The molecule has 0 fully saturated rings. The van der Waals surface area contributed by atoms with Gasteiger partial charge in [-0.1, -0.05) is 13.3 Å². The number of hydrogen-bond donors (Lipinski definition) is 4. The lowest BCUT2D eigenvalue weighted by molar-refractivity contribution is -0.179. The summed E-state index contributed by atoms with van der Waals surface area (Å²) < 4.78 is 0. The molecule has 5 N–H and O–H groups in total. The average Bonchev–Trinajstić information content (AvgIpc) is 1.63. The van der Waals surface area contributed by atoms with Gasteiger partial charge in [0.1, 0.15) is 0 Å². The Morgan fingerprint density at radius 3 is 2.44 bits per heavy atom. The van der Waals surface area contributed by atoms with Crippen LogP contribution in [0, 0.1) is 0 Å². The number of unbranched alkanes of at least 4 members (excludes halogenated alkanes) is 1. The van der Waals surface area contributed by atoms with E-state index in [1.165, 1.54) is 0 Å². The van der Waals surface area contributed by atoms with Gasteiger partial charge in [0.05, 0.1) is 0 Å².